The number of rotatable bonds is 2. The maximum atomic E-state index is 12.4. The number of hydrogen-bond donors (Lipinski definition) is 0. The van der Waals surface area contributed by atoms with Gasteiger partial charge in [0.1, 0.15) is 11.5 Å². The van der Waals surface area contributed by atoms with Crippen molar-refractivity contribution in [3.8, 4) is 11.3 Å². The molecule has 1 aromatic carbocycles. The van der Waals surface area contributed by atoms with Gasteiger partial charge in [0, 0.05) is 24.7 Å². The lowest BCUT2D eigenvalue weighted by Crippen LogP contribution is -2.33. The van der Waals surface area contributed by atoms with E-state index in [2.05, 4.69) is 4.99 Å². The van der Waals surface area contributed by atoms with Crippen molar-refractivity contribution in [2.24, 2.45) is 4.99 Å². The second kappa shape index (κ2) is 6.24. The highest BCUT2D eigenvalue weighted by Crippen LogP contribution is 2.29. The van der Waals surface area contributed by atoms with Crippen molar-refractivity contribution >= 4 is 40.6 Å². The lowest BCUT2D eigenvalue weighted by atomic mass is 10.2. The van der Waals surface area contributed by atoms with Crippen LogP contribution in [-0.2, 0) is 6.54 Å². The number of nitrogens with zero attached hydrogens (tertiary/aromatic N) is 2. The van der Waals surface area contributed by atoms with E-state index in [0.29, 0.717) is 26.1 Å². The Morgan fingerprint density at radius 2 is 2.08 bits per heavy atom. The molecule has 24 heavy (non-hydrogen) atoms. The topological polar surface area (TPSA) is 47.5 Å². The molecule has 0 atom stereocenters. The van der Waals surface area contributed by atoms with E-state index in [4.69, 9.17) is 27.6 Å². The largest absolute Gasteiger partial charge is 0.457 e. The average molecular weight is 379 g/mol. The highest BCUT2D eigenvalue weighted by atomic mass is 35.5. The Morgan fingerprint density at radius 3 is 2.88 bits per heavy atom. The zero-order valence-corrected chi connectivity index (χ0v) is 14.8. The number of halogens is 2. The minimum atomic E-state index is -0.00839. The van der Waals surface area contributed by atoms with Gasteiger partial charge in [-0.2, -0.15) is 0 Å². The Bertz CT molecular complexity index is 1090. The van der Waals surface area contributed by atoms with E-state index in [1.165, 1.54) is 11.3 Å². The van der Waals surface area contributed by atoms with Crippen LogP contribution in [0.3, 0.4) is 0 Å². The lowest BCUT2D eigenvalue weighted by Gasteiger charge is -2.03. The van der Waals surface area contributed by atoms with Gasteiger partial charge in [-0.05, 0) is 36.8 Å². The molecule has 2 aromatic heterocycles. The summed E-state index contributed by atoms with van der Waals surface area (Å²) in [5, 5.41) is 0.974. The predicted octanol–water partition coefficient (Wildman–Crippen LogP) is 3.33. The molecule has 0 aliphatic carbocycles. The molecule has 122 valence electrons. The van der Waals surface area contributed by atoms with Gasteiger partial charge in [0.2, 0.25) is 0 Å². The Labute approximate surface area is 151 Å². The first-order valence-electron chi connectivity index (χ1n) is 7.43. The van der Waals surface area contributed by atoms with Crippen LogP contribution in [0.1, 0.15) is 12.2 Å². The lowest BCUT2D eigenvalue weighted by molar-refractivity contribution is 0.568. The van der Waals surface area contributed by atoms with Crippen LogP contribution < -0.4 is 14.9 Å². The molecular formula is C17H12Cl2N2O2S. The molecule has 7 heteroatoms. The van der Waals surface area contributed by atoms with Crippen molar-refractivity contribution < 1.29 is 4.42 Å². The normalized spacial score (nSPS) is 14.5. The van der Waals surface area contributed by atoms with Crippen LogP contribution in [0.2, 0.25) is 10.0 Å². The van der Waals surface area contributed by atoms with Gasteiger partial charge >= 0.3 is 0 Å². The average Bonchev–Trinajstić information content (AvgIpc) is 3.16. The van der Waals surface area contributed by atoms with E-state index in [0.717, 1.165) is 29.9 Å². The minimum absolute atomic E-state index is 0.00839. The molecule has 0 saturated carbocycles. The Balaban J connectivity index is 1.75. The molecule has 0 spiro atoms. The predicted molar refractivity (Wildman–Crippen MR) is 96.6 cm³/mol. The van der Waals surface area contributed by atoms with Crippen molar-refractivity contribution in [2.45, 2.75) is 13.0 Å². The van der Waals surface area contributed by atoms with Crippen LogP contribution in [0.5, 0.6) is 0 Å². The number of benzene rings is 1. The van der Waals surface area contributed by atoms with Gasteiger partial charge in [-0.1, -0.05) is 34.5 Å². The molecule has 4 rings (SSSR count). The van der Waals surface area contributed by atoms with Gasteiger partial charge in [-0.25, -0.2) is 0 Å². The van der Waals surface area contributed by atoms with Crippen LogP contribution in [0.25, 0.3) is 17.4 Å². The fourth-order valence-electron chi connectivity index (χ4n) is 2.59. The van der Waals surface area contributed by atoms with Crippen LogP contribution in [0.15, 0.2) is 44.5 Å². The molecule has 0 radical (unpaired) electrons. The molecule has 3 heterocycles. The summed E-state index contributed by atoms with van der Waals surface area (Å²) < 4.78 is 8.18. The third-order valence-corrected chi connectivity index (χ3v) is 5.56. The molecule has 0 bridgehead atoms. The van der Waals surface area contributed by atoms with Gasteiger partial charge in [0.05, 0.1) is 14.6 Å². The summed E-state index contributed by atoms with van der Waals surface area (Å²) in [7, 11) is 0. The van der Waals surface area contributed by atoms with Gasteiger partial charge < -0.3 is 4.42 Å². The first kappa shape index (κ1) is 15.7. The van der Waals surface area contributed by atoms with E-state index in [1.54, 1.807) is 22.8 Å². The van der Waals surface area contributed by atoms with Crippen LogP contribution in [-0.4, -0.2) is 11.1 Å². The molecule has 0 amide bonds. The number of fused-ring (bicyclic) bond motifs is 1. The molecular weight excluding hydrogens is 367 g/mol. The van der Waals surface area contributed by atoms with E-state index >= 15 is 0 Å². The smallest absolute Gasteiger partial charge is 0.270 e. The summed E-state index contributed by atoms with van der Waals surface area (Å²) in [6, 6.07) is 9.00. The molecule has 1 aliphatic heterocycles. The Morgan fingerprint density at radius 1 is 1.21 bits per heavy atom. The molecule has 0 fully saturated rings. The number of hydrogen-bond acceptors (Lipinski definition) is 4. The maximum Gasteiger partial charge on any atom is 0.270 e. The van der Waals surface area contributed by atoms with Crippen LogP contribution >= 0.6 is 34.5 Å². The van der Waals surface area contributed by atoms with E-state index < -0.39 is 0 Å². The zero-order valence-electron chi connectivity index (χ0n) is 12.5. The Kier molecular flexibility index (Phi) is 4.08. The number of thiazole rings is 1. The summed E-state index contributed by atoms with van der Waals surface area (Å²) in [6.45, 7) is 1.51. The molecule has 0 N–H and O–H groups in total. The standard InChI is InChI=1S/C17H12Cl2N2O2S/c18-12-4-2-10(8-13(12)19)14-5-3-11(23-14)9-15-16(22)21-7-1-6-20-17(21)24-15/h2-5,8-9H,1,6-7H2. The minimum Gasteiger partial charge on any atom is -0.457 e. The fraction of sp³-hybridized carbons (Fsp3) is 0.176. The fourth-order valence-corrected chi connectivity index (χ4v) is 3.90. The van der Waals surface area contributed by atoms with Gasteiger partial charge in [-0.15, -0.1) is 0 Å². The summed E-state index contributed by atoms with van der Waals surface area (Å²) in [6.07, 6.45) is 2.67. The van der Waals surface area contributed by atoms with E-state index in [9.17, 15) is 4.79 Å². The molecule has 0 unspecified atom stereocenters. The Hall–Kier alpha value is -1.82. The SMILES string of the molecule is O=c1c(=Cc2ccc(-c3ccc(Cl)c(Cl)c3)o2)sc2n1CCCN=2. The van der Waals surface area contributed by atoms with Gasteiger partial charge in [0.15, 0.2) is 4.80 Å². The first-order chi connectivity index (χ1) is 11.6. The third kappa shape index (κ3) is 2.83. The van der Waals surface area contributed by atoms with E-state index in [-0.39, 0.29) is 5.56 Å². The summed E-state index contributed by atoms with van der Waals surface area (Å²) in [4.78, 5) is 17.6. The second-order valence-electron chi connectivity index (χ2n) is 5.42. The van der Waals surface area contributed by atoms with E-state index in [1.807, 2.05) is 18.2 Å². The van der Waals surface area contributed by atoms with Crippen molar-refractivity contribution in [1.82, 2.24) is 4.57 Å². The third-order valence-electron chi connectivity index (χ3n) is 3.78. The van der Waals surface area contributed by atoms with Crippen LogP contribution in [0.4, 0.5) is 0 Å². The summed E-state index contributed by atoms with van der Waals surface area (Å²) in [5.41, 5.74) is 0.826. The van der Waals surface area contributed by atoms with Gasteiger partial charge in [-0.3, -0.25) is 14.4 Å². The number of furan rings is 1. The van der Waals surface area contributed by atoms with Crippen molar-refractivity contribution in [1.29, 1.82) is 0 Å². The zero-order chi connectivity index (χ0) is 16.7. The second-order valence-corrected chi connectivity index (χ2v) is 7.24. The summed E-state index contributed by atoms with van der Waals surface area (Å²) in [5.74, 6) is 1.29. The van der Waals surface area contributed by atoms with Crippen molar-refractivity contribution in [3.05, 3.63) is 65.8 Å². The molecule has 3 aromatic rings. The molecule has 0 saturated heterocycles. The monoisotopic (exact) mass is 378 g/mol. The highest BCUT2D eigenvalue weighted by Gasteiger charge is 2.10. The van der Waals surface area contributed by atoms with Gasteiger partial charge in [0.25, 0.3) is 5.56 Å². The quantitative estimate of drug-likeness (QED) is 0.686. The summed E-state index contributed by atoms with van der Waals surface area (Å²) >= 11 is 13.4. The molecule has 4 nitrogen and oxygen atoms in total. The van der Waals surface area contributed by atoms with Crippen molar-refractivity contribution in [2.75, 3.05) is 6.54 Å². The molecule has 1 aliphatic rings. The number of aromatic nitrogens is 1. The first-order valence-corrected chi connectivity index (χ1v) is 9.00. The van der Waals surface area contributed by atoms with Crippen molar-refractivity contribution in [3.63, 3.8) is 0 Å². The van der Waals surface area contributed by atoms with Crippen LogP contribution in [0, 0.1) is 0 Å². The maximum absolute atomic E-state index is 12.4. The highest BCUT2D eigenvalue weighted by molar-refractivity contribution is 7.07.